The van der Waals surface area contributed by atoms with Crippen molar-refractivity contribution >= 4 is 7.28 Å². The third-order valence-corrected chi connectivity index (χ3v) is 3.70. The van der Waals surface area contributed by atoms with Gasteiger partial charge in [0.1, 0.15) is 7.28 Å². The van der Waals surface area contributed by atoms with Gasteiger partial charge in [-0.05, 0) is 0 Å². The molecule has 96 valence electrons. The van der Waals surface area contributed by atoms with Crippen LogP contribution in [-0.4, -0.2) is 7.28 Å². The van der Waals surface area contributed by atoms with E-state index in [-0.39, 0.29) is 0 Å². The monoisotopic (exact) mass is 224 g/mol. The van der Waals surface area contributed by atoms with Gasteiger partial charge in [-0.3, -0.25) is 0 Å². The molecule has 0 rings (SSSR count). The summed E-state index contributed by atoms with van der Waals surface area (Å²) in [4.78, 5) is 0. The summed E-state index contributed by atoms with van der Waals surface area (Å²) < 4.78 is 0. The molecule has 0 aliphatic rings. The van der Waals surface area contributed by atoms with Crippen LogP contribution in [0.5, 0.6) is 0 Å². The summed E-state index contributed by atoms with van der Waals surface area (Å²) in [7, 11) is 1.48. The third kappa shape index (κ3) is 9.30. The van der Waals surface area contributed by atoms with Gasteiger partial charge in [-0.25, -0.2) is 0 Å². The summed E-state index contributed by atoms with van der Waals surface area (Å²) in [5.74, 6) is 1.97. The molecule has 0 aliphatic carbocycles. The Labute approximate surface area is 105 Å². The molecule has 0 aromatic rings. The van der Waals surface area contributed by atoms with Crippen LogP contribution in [0.3, 0.4) is 0 Å². The summed E-state index contributed by atoms with van der Waals surface area (Å²) >= 11 is 0. The predicted molar refractivity (Wildman–Crippen MR) is 78.9 cm³/mol. The van der Waals surface area contributed by atoms with Gasteiger partial charge in [0.05, 0.1) is 0 Å². The molecule has 0 bridgehead atoms. The van der Waals surface area contributed by atoms with E-state index in [1.54, 1.807) is 0 Å². The van der Waals surface area contributed by atoms with E-state index >= 15 is 0 Å². The summed E-state index contributed by atoms with van der Waals surface area (Å²) in [5, 5.41) is 0. The molecule has 0 nitrogen and oxygen atoms in total. The van der Waals surface area contributed by atoms with Gasteiger partial charge in [0, 0.05) is 0 Å². The molecule has 2 atom stereocenters. The van der Waals surface area contributed by atoms with E-state index in [1.165, 1.54) is 65.1 Å². The molecule has 0 aliphatic heterocycles. The van der Waals surface area contributed by atoms with E-state index in [9.17, 15) is 0 Å². The minimum absolute atomic E-state index is 0.952. The first-order valence-corrected chi connectivity index (χ1v) is 7.74. The number of unbranched alkanes of at least 4 members (excludes halogenated alkanes) is 3. The maximum atomic E-state index is 2.45. The molecule has 16 heavy (non-hydrogen) atoms. The van der Waals surface area contributed by atoms with Crippen LogP contribution < -0.4 is 0 Å². The normalized spacial score (nSPS) is 14.8. The van der Waals surface area contributed by atoms with Crippen molar-refractivity contribution in [1.82, 2.24) is 0 Å². The van der Waals surface area contributed by atoms with Crippen molar-refractivity contribution in [3.63, 3.8) is 0 Å². The Balaban J connectivity index is 3.78. The molecular formula is C15H33B. The fraction of sp³-hybridized carbons (Fsp3) is 1.00. The van der Waals surface area contributed by atoms with Crippen molar-refractivity contribution in [2.75, 3.05) is 0 Å². The lowest BCUT2D eigenvalue weighted by Crippen LogP contribution is -2.09. The Morgan fingerprint density at radius 2 is 1.38 bits per heavy atom. The third-order valence-electron chi connectivity index (χ3n) is 3.70. The number of hydrogen-bond acceptors (Lipinski definition) is 0. The molecule has 0 fully saturated rings. The molecule has 0 heterocycles. The standard InChI is InChI=1S/C15H33B/c1-5-8-10-13-15(12-9-6-2)16-14(4)11-7-3/h14-16H,5-13H2,1-4H3. The molecule has 1 heteroatoms. The highest BCUT2D eigenvalue weighted by Gasteiger charge is 2.14. The Morgan fingerprint density at radius 1 is 0.750 bits per heavy atom. The van der Waals surface area contributed by atoms with E-state index in [0.29, 0.717) is 0 Å². The van der Waals surface area contributed by atoms with E-state index in [1.807, 2.05) is 0 Å². The zero-order valence-corrected chi connectivity index (χ0v) is 12.2. The number of hydrogen-bond donors (Lipinski definition) is 0. The van der Waals surface area contributed by atoms with Crippen molar-refractivity contribution in [2.45, 2.75) is 97.1 Å². The first-order chi connectivity index (χ1) is 7.74. The Kier molecular flexibility index (Phi) is 11.6. The SMILES string of the molecule is CCCCCC(BC(C)CCC)CCCC. The molecule has 0 radical (unpaired) electrons. The first-order valence-electron chi connectivity index (χ1n) is 7.74. The second-order valence-corrected chi connectivity index (χ2v) is 5.63. The van der Waals surface area contributed by atoms with Crippen LogP contribution in [0.4, 0.5) is 0 Å². The lowest BCUT2D eigenvalue weighted by Gasteiger charge is -2.19. The first kappa shape index (κ1) is 16.1. The van der Waals surface area contributed by atoms with E-state index in [2.05, 4.69) is 27.7 Å². The van der Waals surface area contributed by atoms with Crippen molar-refractivity contribution in [1.29, 1.82) is 0 Å². The summed E-state index contributed by atoms with van der Waals surface area (Å²) in [6.07, 6.45) is 12.8. The average molecular weight is 224 g/mol. The zero-order chi connectivity index (χ0) is 12.2. The van der Waals surface area contributed by atoms with Gasteiger partial charge in [0.25, 0.3) is 0 Å². The van der Waals surface area contributed by atoms with Gasteiger partial charge in [-0.15, -0.1) is 0 Å². The number of rotatable bonds is 11. The van der Waals surface area contributed by atoms with Crippen LogP contribution in [0.15, 0.2) is 0 Å². The highest BCUT2D eigenvalue weighted by Crippen LogP contribution is 2.27. The highest BCUT2D eigenvalue weighted by atomic mass is 14.1. The van der Waals surface area contributed by atoms with Gasteiger partial charge in [0.2, 0.25) is 0 Å². The zero-order valence-electron chi connectivity index (χ0n) is 12.2. The van der Waals surface area contributed by atoms with Crippen LogP contribution in [0.1, 0.15) is 85.5 Å². The highest BCUT2D eigenvalue weighted by molar-refractivity contribution is 6.39. The summed E-state index contributed by atoms with van der Waals surface area (Å²) in [6, 6.07) is 0. The molecule has 0 spiro atoms. The molecule has 0 aromatic carbocycles. The average Bonchev–Trinajstić information content (AvgIpc) is 2.26. The fourth-order valence-corrected chi connectivity index (χ4v) is 2.74. The lowest BCUT2D eigenvalue weighted by atomic mass is 9.52. The van der Waals surface area contributed by atoms with Crippen LogP contribution in [0.25, 0.3) is 0 Å². The second-order valence-electron chi connectivity index (χ2n) is 5.63. The van der Waals surface area contributed by atoms with Gasteiger partial charge in [0.15, 0.2) is 0 Å². The van der Waals surface area contributed by atoms with Crippen molar-refractivity contribution in [2.24, 2.45) is 0 Å². The smallest absolute Gasteiger partial charge is 0.0694 e. The van der Waals surface area contributed by atoms with E-state index in [0.717, 1.165) is 11.6 Å². The molecule has 0 saturated heterocycles. The second kappa shape index (κ2) is 11.5. The Bertz CT molecular complexity index is 133. The molecule has 0 N–H and O–H groups in total. The molecule has 0 amide bonds. The minimum atomic E-state index is 0.952. The van der Waals surface area contributed by atoms with Crippen molar-refractivity contribution in [3.8, 4) is 0 Å². The maximum absolute atomic E-state index is 2.45. The Hall–Kier alpha value is 0.0649. The predicted octanol–water partition coefficient (Wildman–Crippen LogP) is 5.59. The largest absolute Gasteiger partial charge is 0.127 e. The van der Waals surface area contributed by atoms with Gasteiger partial charge in [-0.1, -0.05) is 97.1 Å². The van der Waals surface area contributed by atoms with Crippen molar-refractivity contribution in [3.05, 3.63) is 0 Å². The van der Waals surface area contributed by atoms with Crippen molar-refractivity contribution < 1.29 is 0 Å². The van der Waals surface area contributed by atoms with Crippen LogP contribution in [0.2, 0.25) is 11.6 Å². The van der Waals surface area contributed by atoms with Crippen LogP contribution >= 0.6 is 0 Å². The van der Waals surface area contributed by atoms with Gasteiger partial charge >= 0.3 is 0 Å². The quantitative estimate of drug-likeness (QED) is 0.317. The lowest BCUT2D eigenvalue weighted by molar-refractivity contribution is 0.573. The molecule has 0 aromatic heterocycles. The molecule has 2 unspecified atom stereocenters. The van der Waals surface area contributed by atoms with Gasteiger partial charge < -0.3 is 0 Å². The van der Waals surface area contributed by atoms with E-state index < -0.39 is 0 Å². The van der Waals surface area contributed by atoms with Crippen LogP contribution in [0, 0.1) is 0 Å². The van der Waals surface area contributed by atoms with Gasteiger partial charge in [-0.2, -0.15) is 0 Å². The Morgan fingerprint density at radius 3 is 1.94 bits per heavy atom. The molecular weight excluding hydrogens is 191 g/mol. The fourth-order valence-electron chi connectivity index (χ4n) is 2.74. The van der Waals surface area contributed by atoms with E-state index in [4.69, 9.17) is 0 Å². The topological polar surface area (TPSA) is 0 Å². The maximum Gasteiger partial charge on any atom is 0.127 e. The van der Waals surface area contributed by atoms with Crippen LogP contribution in [-0.2, 0) is 0 Å². The minimum Gasteiger partial charge on any atom is -0.0694 e. The molecule has 0 saturated carbocycles. The summed E-state index contributed by atoms with van der Waals surface area (Å²) in [5.41, 5.74) is 0. The summed E-state index contributed by atoms with van der Waals surface area (Å²) in [6.45, 7) is 9.39.